The molecule has 1 atom stereocenters. The molecule has 23 heavy (non-hydrogen) atoms. The van der Waals surface area contributed by atoms with Crippen molar-refractivity contribution < 1.29 is 4.79 Å². The molecule has 1 aliphatic rings. The second kappa shape index (κ2) is 5.88. The van der Waals surface area contributed by atoms with E-state index in [0.29, 0.717) is 6.42 Å². The summed E-state index contributed by atoms with van der Waals surface area (Å²) in [6.45, 7) is 0.834. The third-order valence-electron chi connectivity index (χ3n) is 4.66. The first-order valence-corrected chi connectivity index (χ1v) is 8.07. The van der Waals surface area contributed by atoms with Gasteiger partial charge in [-0.2, -0.15) is 0 Å². The van der Waals surface area contributed by atoms with Crippen LogP contribution in [0.5, 0.6) is 0 Å². The van der Waals surface area contributed by atoms with Gasteiger partial charge in [0, 0.05) is 36.0 Å². The fourth-order valence-corrected chi connectivity index (χ4v) is 3.53. The number of carbonyl (C=O) groups is 1. The van der Waals surface area contributed by atoms with Crippen LogP contribution >= 0.6 is 0 Å². The molecule has 0 bridgehead atoms. The molecule has 0 spiro atoms. The van der Waals surface area contributed by atoms with Crippen molar-refractivity contribution >= 4 is 16.8 Å². The molecular weight excluding hydrogens is 286 g/mol. The Morgan fingerprint density at radius 2 is 2.17 bits per heavy atom. The first-order chi connectivity index (χ1) is 11.3. The van der Waals surface area contributed by atoms with Gasteiger partial charge in [-0.3, -0.25) is 9.78 Å². The van der Waals surface area contributed by atoms with Crippen LogP contribution in [0.3, 0.4) is 0 Å². The lowest BCUT2D eigenvalue weighted by Crippen LogP contribution is -2.31. The molecule has 1 saturated heterocycles. The van der Waals surface area contributed by atoms with Gasteiger partial charge in [-0.15, -0.1) is 0 Å². The number of nitrogens with zero attached hydrogens (tertiary/aromatic N) is 2. The smallest absolute Gasteiger partial charge is 0.227 e. The molecule has 4 rings (SSSR count). The zero-order valence-corrected chi connectivity index (χ0v) is 12.9. The highest BCUT2D eigenvalue weighted by atomic mass is 16.2. The van der Waals surface area contributed by atoms with Crippen molar-refractivity contribution in [2.45, 2.75) is 25.3 Å². The van der Waals surface area contributed by atoms with Crippen LogP contribution in [0.2, 0.25) is 0 Å². The molecule has 4 nitrogen and oxygen atoms in total. The molecule has 1 N–H and O–H groups in total. The molecule has 116 valence electrons. The van der Waals surface area contributed by atoms with Crippen molar-refractivity contribution in [3.8, 4) is 0 Å². The summed E-state index contributed by atoms with van der Waals surface area (Å²) >= 11 is 0. The fraction of sp³-hybridized carbons (Fsp3) is 0.263. The molecule has 2 aromatic heterocycles. The van der Waals surface area contributed by atoms with Gasteiger partial charge in [0.1, 0.15) is 0 Å². The van der Waals surface area contributed by atoms with Crippen molar-refractivity contribution in [1.29, 1.82) is 0 Å². The minimum Gasteiger partial charge on any atom is -0.361 e. The van der Waals surface area contributed by atoms with Gasteiger partial charge in [-0.05, 0) is 36.1 Å². The number of fused-ring (bicyclic) bond motifs is 1. The molecule has 4 heteroatoms. The summed E-state index contributed by atoms with van der Waals surface area (Å²) < 4.78 is 0. The Bertz CT molecular complexity index is 825. The van der Waals surface area contributed by atoms with Crippen LogP contribution < -0.4 is 0 Å². The monoisotopic (exact) mass is 305 g/mol. The van der Waals surface area contributed by atoms with Crippen LogP contribution in [0.1, 0.15) is 30.0 Å². The zero-order chi connectivity index (χ0) is 15.6. The standard InChI is InChI=1S/C19H19N3O/c23-19(11-15-13-21-17-7-2-1-6-16(15)17)22-10-4-8-18(22)14-5-3-9-20-12-14/h1-3,5-7,9,12-13,18,21H,4,8,10-11H2. The number of para-hydroxylation sites is 1. The average Bonchev–Trinajstić information content (AvgIpc) is 3.23. The topological polar surface area (TPSA) is 49.0 Å². The lowest BCUT2D eigenvalue weighted by Gasteiger charge is -2.24. The molecule has 1 amide bonds. The van der Waals surface area contributed by atoms with Crippen molar-refractivity contribution in [2.24, 2.45) is 0 Å². The van der Waals surface area contributed by atoms with Gasteiger partial charge in [-0.1, -0.05) is 24.3 Å². The summed E-state index contributed by atoms with van der Waals surface area (Å²) in [4.78, 5) is 22.3. The molecule has 0 radical (unpaired) electrons. The van der Waals surface area contributed by atoms with Gasteiger partial charge in [0.05, 0.1) is 12.5 Å². The third-order valence-corrected chi connectivity index (χ3v) is 4.66. The summed E-state index contributed by atoms with van der Waals surface area (Å²) in [6.07, 6.45) is 8.13. The number of amides is 1. The maximum atomic E-state index is 12.8. The SMILES string of the molecule is O=C(Cc1c[nH]c2ccccc12)N1CCCC1c1cccnc1. The minimum absolute atomic E-state index is 0.168. The minimum atomic E-state index is 0.168. The maximum absolute atomic E-state index is 12.8. The molecule has 3 aromatic rings. The Morgan fingerprint density at radius 3 is 3.04 bits per heavy atom. The number of rotatable bonds is 3. The lowest BCUT2D eigenvalue weighted by atomic mass is 10.1. The van der Waals surface area contributed by atoms with Crippen LogP contribution in [0.25, 0.3) is 10.9 Å². The van der Waals surface area contributed by atoms with Crippen molar-refractivity contribution in [1.82, 2.24) is 14.9 Å². The van der Waals surface area contributed by atoms with Crippen LogP contribution in [0.15, 0.2) is 55.0 Å². The van der Waals surface area contributed by atoms with E-state index in [0.717, 1.165) is 41.4 Å². The van der Waals surface area contributed by atoms with Crippen LogP contribution in [0.4, 0.5) is 0 Å². The van der Waals surface area contributed by atoms with Gasteiger partial charge in [0.15, 0.2) is 0 Å². The summed E-state index contributed by atoms with van der Waals surface area (Å²) in [6, 6.07) is 12.3. The van der Waals surface area contributed by atoms with Gasteiger partial charge in [0.25, 0.3) is 0 Å². The number of hydrogen-bond donors (Lipinski definition) is 1. The Balaban J connectivity index is 1.56. The van der Waals surface area contributed by atoms with Gasteiger partial charge in [-0.25, -0.2) is 0 Å². The molecule has 1 aromatic carbocycles. The lowest BCUT2D eigenvalue weighted by molar-refractivity contribution is -0.131. The molecule has 0 saturated carbocycles. The Hall–Kier alpha value is -2.62. The number of H-pyrrole nitrogens is 1. The number of hydrogen-bond acceptors (Lipinski definition) is 2. The van der Waals surface area contributed by atoms with E-state index < -0.39 is 0 Å². The number of pyridine rings is 1. The summed E-state index contributed by atoms with van der Waals surface area (Å²) in [5, 5.41) is 1.14. The van der Waals surface area contributed by atoms with E-state index in [1.165, 1.54) is 0 Å². The van der Waals surface area contributed by atoms with Crippen LogP contribution in [0, 0.1) is 0 Å². The zero-order valence-electron chi connectivity index (χ0n) is 12.9. The molecule has 1 unspecified atom stereocenters. The van der Waals surface area contributed by atoms with E-state index in [4.69, 9.17) is 0 Å². The second-order valence-corrected chi connectivity index (χ2v) is 6.07. The van der Waals surface area contributed by atoms with E-state index in [9.17, 15) is 4.79 Å². The van der Waals surface area contributed by atoms with E-state index in [1.807, 2.05) is 41.6 Å². The quantitative estimate of drug-likeness (QED) is 0.805. The van der Waals surface area contributed by atoms with E-state index in [2.05, 4.69) is 22.1 Å². The number of aromatic nitrogens is 2. The highest BCUT2D eigenvalue weighted by Gasteiger charge is 2.30. The van der Waals surface area contributed by atoms with Gasteiger partial charge in [0.2, 0.25) is 5.91 Å². The van der Waals surface area contributed by atoms with Crippen molar-refractivity contribution in [2.75, 3.05) is 6.54 Å². The summed E-state index contributed by atoms with van der Waals surface area (Å²) in [5.74, 6) is 0.195. The third kappa shape index (κ3) is 2.61. The largest absolute Gasteiger partial charge is 0.361 e. The van der Waals surface area contributed by atoms with Crippen LogP contribution in [-0.4, -0.2) is 27.3 Å². The summed E-state index contributed by atoms with van der Waals surface area (Å²) in [7, 11) is 0. The van der Waals surface area contributed by atoms with Gasteiger partial charge >= 0.3 is 0 Å². The predicted octanol–water partition coefficient (Wildman–Crippen LogP) is 3.47. The molecule has 0 aliphatic carbocycles. The van der Waals surface area contributed by atoms with E-state index in [-0.39, 0.29) is 11.9 Å². The summed E-state index contributed by atoms with van der Waals surface area (Å²) in [5.41, 5.74) is 3.29. The van der Waals surface area contributed by atoms with E-state index >= 15 is 0 Å². The maximum Gasteiger partial charge on any atom is 0.227 e. The fourth-order valence-electron chi connectivity index (χ4n) is 3.53. The second-order valence-electron chi connectivity index (χ2n) is 6.07. The molecule has 3 heterocycles. The van der Waals surface area contributed by atoms with Crippen molar-refractivity contribution in [3.05, 3.63) is 66.1 Å². The number of carbonyl (C=O) groups excluding carboxylic acids is 1. The van der Waals surface area contributed by atoms with E-state index in [1.54, 1.807) is 6.20 Å². The van der Waals surface area contributed by atoms with Crippen LogP contribution in [-0.2, 0) is 11.2 Å². The first-order valence-electron chi connectivity index (χ1n) is 8.07. The molecule has 1 fully saturated rings. The Labute approximate surface area is 135 Å². The van der Waals surface area contributed by atoms with Gasteiger partial charge < -0.3 is 9.88 Å². The number of likely N-dealkylation sites (tertiary alicyclic amines) is 1. The Kier molecular flexibility index (Phi) is 3.58. The normalized spacial score (nSPS) is 17.7. The molecular formula is C19H19N3O. The molecule has 1 aliphatic heterocycles. The highest BCUT2D eigenvalue weighted by Crippen LogP contribution is 2.32. The number of benzene rings is 1. The number of nitrogens with one attached hydrogen (secondary N) is 1. The first kappa shape index (κ1) is 14.0. The number of aromatic amines is 1. The average molecular weight is 305 g/mol. The highest BCUT2D eigenvalue weighted by molar-refractivity contribution is 5.89. The Morgan fingerprint density at radius 1 is 1.26 bits per heavy atom. The van der Waals surface area contributed by atoms with Crippen molar-refractivity contribution in [3.63, 3.8) is 0 Å². The predicted molar refractivity (Wildman–Crippen MR) is 89.9 cm³/mol.